The van der Waals surface area contributed by atoms with E-state index < -0.39 is 52.7 Å². The lowest BCUT2D eigenvalue weighted by molar-refractivity contribution is -0.136. The maximum absolute atomic E-state index is 15.0. The summed E-state index contributed by atoms with van der Waals surface area (Å²) in [5, 5.41) is 5.39. The van der Waals surface area contributed by atoms with Crippen molar-refractivity contribution >= 4 is 17.7 Å². The third kappa shape index (κ3) is 3.02. The number of fused-ring (bicyclic) bond motifs is 1. The second-order valence-corrected chi connectivity index (χ2v) is 8.25. The van der Waals surface area contributed by atoms with Crippen molar-refractivity contribution in [2.45, 2.75) is 45.2 Å². The molecular weight excluding hydrogens is 387 g/mol. The Labute approximate surface area is 165 Å². The molecular formula is C20H22F3N3O3. The molecule has 0 spiro atoms. The first-order chi connectivity index (χ1) is 13.7. The van der Waals surface area contributed by atoms with Gasteiger partial charge in [0.1, 0.15) is 6.04 Å². The van der Waals surface area contributed by atoms with Gasteiger partial charge in [-0.15, -0.1) is 0 Å². The Morgan fingerprint density at radius 2 is 1.62 bits per heavy atom. The fraction of sp³-hybridized carbons (Fsp3) is 0.550. The molecule has 9 heteroatoms. The van der Waals surface area contributed by atoms with Gasteiger partial charge in [-0.1, -0.05) is 13.8 Å². The summed E-state index contributed by atoms with van der Waals surface area (Å²) in [4.78, 5) is 37.7. The van der Waals surface area contributed by atoms with Crippen molar-refractivity contribution in [1.29, 1.82) is 0 Å². The van der Waals surface area contributed by atoms with Crippen LogP contribution in [0.1, 0.15) is 54.1 Å². The molecule has 1 aromatic carbocycles. The van der Waals surface area contributed by atoms with Crippen molar-refractivity contribution in [2.75, 3.05) is 13.1 Å². The minimum absolute atomic E-state index is 0.0311. The highest BCUT2D eigenvalue weighted by Gasteiger charge is 2.45. The second-order valence-electron chi connectivity index (χ2n) is 8.25. The van der Waals surface area contributed by atoms with Crippen molar-refractivity contribution in [3.8, 4) is 0 Å². The number of benzene rings is 1. The summed E-state index contributed by atoms with van der Waals surface area (Å²) in [6, 6.07) is -0.978. The summed E-state index contributed by atoms with van der Waals surface area (Å²) >= 11 is 0. The highest BCUT2D eigenvalue weighted by atomic mass is 19.2. The van der Waals surface area contributed by atoms with Gasteiger partial charge in [0, 0.05) is 18.5 Å². The monoisotopic (exact) mass is 409 g/mol. The molecule has 0 saturated carbocycles. The fourth-order valence-corrected chi connectivity index (χ4v) is 5.00. The lowest BCUT2D eigenvalue weighted by Gasteiger charge is -2.37. The molecule has 3 unspecified atom stereocenters. The molecule has 0 radical (unpaired) electrons. The van der Waals surface area contributed by atoms with Gasteiger partial charge in [-0.2, -0.15) is 0 Å². The van der Waals surface area contributed by atoms with Crippen LogP contribution in [0.4, 0.5) is 13.2 Å². The van der Waals surface area contributed by atoms with Crippen molar-refractivity contribution < 1.29 is 27.6 Å². The number of halogens is 3. The molecule has 2 N–H and O–H groups in total. The van der Waals surface area contributed by atoms with Crippen molar-refractivity contribution in [3.63, 3.8) is 0 Å². The summed E-state index contributed by atoms with van der Waals surface area (Å²) in [5.41, 5.74) is -0.355. The number of carbonyl (C=O) groups excluding carboxylic acids is 3. The second kappa shape index (κ2) is 7.12. The lowest BCUT2D eigenvalue weighted by atomic mass is 9.73. The zero-order chi connectivity index (χ0) is 21.0. The van der Waals surface area contributed by atoms with Crippen LogP contribution in [0.3, 0.4) is 0 Å². The van der Waals surface area contributed by atoms with Gasteiger partial charge in [0.25, 0.3) is 5.91 Å². The standard InChI is InChI=1S/C20H22F3N3O3/c1-8-5-24-6-9(2)13(8)14-10-7-26(11-3-4-12(27)25-19(11)28)20(29)15(10)17(22)18(23)16(14)21/h8-9,11,13,24H,3-7H2,1-2H3,(H,25,27,28). The maximum atomic E-state index is 15.0. The van der Waals surface area contributed by atoms with E-state index in [1.54, 1.807) is 0 Å². The molecule has 3 aliphatic heterocycles. The molecule has 2 saturated heterocycles. The van der Waals surface area contributed by atoms with E-state index in [1.807, 2.05) is 13.8 Å². The van der Waals surface area contributed by atoms with E-state index in [0.717, 1.165) is 4.90 Å². The predicted octanol–water partition coefficient (Wildman–Crippen LogP) is 1.82. The van der Waals surface area contributed by atoms with Crippen LogP contribution in [0.2, 0.25) is 0 Å². The Morgan fingerprint density at radius 3 is 2.24 bits per heavy atom. The smallest absolute Gasteiger partial charge is 0.258 e. The van der Waals surface area contributed by atoms with E-state index in [2.05, 4.69) is 10.6 Å². The van der Waals surface area contributed by atoms with Crippen LogP contribution in [0, 0.1) is 29.3 Å². The van der Waals surface area contributed by atoms with Gasteiger partial charge in [0.05, 0.1) is 5.56 Å². The summed E-state index contributed by atoms with van der Waals surface area (Å²) in [6.07, 6.45) is 0.128. The minimum atomic E-state index is -1.66. The van der Waals surface area contributed by atoms with Crippen LogP contribution in [0.5, 0.6) is 0 Å². The highest BCUT2D eigenvalue weighted by Crippen LogP contribution is 2.43. The average molecular weight is 409 g/mol. The largest absolute Gasteiger partial charge is 0.322 e. The van der Waals surface area contributed by atoms with Gasteiger partial charge in [0.2, 0.25) is 11.8 Å². The van der Waals surface area contributed by atoms with E-state index in [-0.39, 0.29) is 42.3 Å². The van der Waals surface area contributed by atoms with Gasteiger partial charge in [-0.3, -0.25) is 19.7 Å². The first-order valence-corrected chi connectivity index (χ1v) is 9.77. The van der Waals surface area contributed by atoms with Gasteiger partial charge < -0.3 is 10.2 Å². The molecule has 29 heavy (non-hydrogen) atoms. The first-order valence-electron chi connectivity index (χ1n) is 9.77. The van der Waals surface area contributed by atoms with Gasteiger partial charge in [0.15, 0.2) is 17.5 Å². The number of hydrogen-bond acceptors (Lipinski definition) is 4. The molecule has 4 rings (SSSR count). The molecule has 6 nitrogen and oxygen atoms in total. The Hall–Kier alpha value is -2.42. The van der Waals surface area contributed by atoms with Crippen molar-refractivity contribution in [3.05, 3.63) is 34.1 Å². The Kier molecular flexibility index (Phi) is 4.88. The lowest BCUT2D eigenvalue weighted by Crippen LogP contribution is -2.52. The summed E-state index contributed by atoms with van der Waals surface area (Å²) < 4.78 is 44.1. The maximum Gasteiger partial charge on any atom is 0.258 e. The zero-order valence-electron chi connectivity index (χ0n) is 16.2. The number of carbonyl (C=O) groups is 3. The highest BCUT2D eigenvalue weighted by molar-refractivity contribution is 6.05. The number of rotatable bonds is 2. The van der Waals surface area contributed by atoms with Crippen LogP contribution in [0.15, 0.2) is 0 Å². The number of piperidine rings is 2. The Balaban J connectivity index is 1.81. The van der Waals surface area contributed by atoms with Crippen molar-refractivity contribution in [2.24, 2.45) is 11.8 Å². The minimum Gasteiger partial charge on any atom is -0.322 e. The molecule has 3 aliphatic rings. The average Bonchev–Trinajstić information content (AvgIpc) is 2.99. The summed E-state index contributed by atoms with van der Waals surface area (Å²) in [6.45, 7) is 4.79. The molecule has 3 heterocycles. The third-order valence-corrected chi connectivity index (χ3v) is 6.35. The quantitative estimate of drug-likeness (QED) is 0.577. The SMILES string of the molecule is CC1CNCC(C)C1c1c(F)c(F)c(F)c2c1CN(C1CCC(=O)NC1=O)C2=O. The van der Waals surface area contributed by atoms with Crippen LogP contribution >= 0.6 is 0 Å². The van der Waals surface area contributed by atoms with Crippen LogP contribution in [-0.4, -0.2) is 41.8 Å². The molecule has 0 aromatic heterocycles. The van der Waals surface area contributed by atoms with E-state index in [1.165, 1.54) is 0 Å². The van der Waals surface area contributed by atoms with Gasteiger partial charge in [-0.25, -0.2) is 13.2 Å². The van der Waals surface area contributed by atoms with Gasteiger partial charge >= 0.3 is 0 Å². The molecule has 3 atom stereocenters. The van der Waals surface area contributed by atoms with E-state index in [9.17, 15) is 27.6 Å². The number of nitrogens with zero attached hydrogens (tertiary/aromatic N) is 1. The summed E-state index contributed by atoms with van der Waals surface area (Å²) in [7, 11) is 0. The normalized spacial score (nSPS) is 29.8. The number of amides is 3. The number of imide groups is 1. The van der Waals surface area contributed by atoms with Crippen molar-refractivity contribution in [1.82, 2.24) is 15.5 Å². The van der Waals surface area contributed by atoms with Crippen LogP contribution < -0.4 is 10.6 Å². The summed E-state index contributed by atoms with van der Waals surface area (Å²) in [5.74, 6) is -6.89. The van der Waals surface area contributed by atoms with E-state index >= 15 is 0 Å². The molecule has 156 valence electrons. The zero-order valence-corrected chi connectivity index (χ0v) is 16.2. The van der Waals surface area contributed by atoms with E-state index in [4.69, 9.17) is 0 Å². The number of hydrogen-bond donors (Lipinski definition) is 2. The first kappa shape index (κ1) is 19.9. The topological polar surface area (TPSA) is 78.5 Å². The van der Waals surface area contributed by atoms with Crippen LogP contribution in [-0.2, 0) is 16.1 Å². The molecule has 0 aliphatic carbocycles. The fourth-order valence-electron chi connectivity index (χ4n) is 5.00. The Morgan fingerprint density at radius 1 is 0.966 bits per heavy atom. The van der Waals surface area contributed by atoms with Crippen LogP contribution in [0.25, 0.3) is 0 Å². The molecule has 2 fully saturated rings. The molecule has 1 aromatic rings. The number of nitrogens with one attached hydrogen (secondary N) is 2. The molecule has 3 amide bonds. The van der Waals surface area contributed by atoms with Gasteiger partial charge in [-0.05, 0) is 42.8 Å². The molecule has 0 bridgehead atoms. The predicted molar refractivity (Wildman–Crippen MR) is 96.3 cm³/mol. The van der Waals surface area contributed by atoms with E-state index in [0.29, 0.717) is 13.1 Å². The Bertz CT molecular complexity index is 910. The third-order valence-electron chi connectivity index (χ3n) is 6.35.